The zero-order valence-electron chi connectivity index (χ0n) is 12.7. The molecular formula is C18H24N2. The zero-order valence-corrected chi connectivity index (χ0v) is 12.7. The molecule has 2 N–H and O–H groups in total. The van der Waals surface area contributed by atoms with E-state index in [9.17, 15) is 0 Å². The van der Waals surface area contributed by atoms with E-state index in [2.05, 4.69) is 68.1 Å². The Morgan fingerprint density at radius 2 is 1.60 bits per heavy atom. The summed E-state index contributed by atoms with van der Waals surface area (Å²) in [7, 11) is 0. The van der Waals surface area contributed by atoms with E-state index >= 15 is 0 Å². The molecule has 0 atom stereocenters. The molecule has 0 aromatic heterocycles. The van der Waals surface area contributed by atoms with Gasteiger partial charge in [-0.3, -0.25) is 0 Å². The first kappa shape index (κ1) is 14.6. The first-order valence-electron chi connectivity index (χ1n) is 7.18. The summed E-state index contributed by atoms with van der Waals surface area (Å²) < 4.78 is 0. The molecule has 2 aromatic carbocycles. The number of hydrogen-bond acceptors (Lipinski definition) is 2. The maximum atomic E-state index is 5.77. The number of benzene rings is 2. The van der Waals surface area contributed by atoms with Crippen molar-refractivity contribution in [3.8, 4) is 0 Å². The summed E-state index contributed by atoms with van der Waals surface area (Å²) >= 11 is 0. The van der Waals surface area contributed by atoms with E-state index in [1.54, 1.807) is 0 Å². The molecule has 20 heavy (non-hydrogen) atoms. The van der Waals surface area contributed by atoms with Gasteiger partial charge in [-0.05, 0) is 49.6 Å². The summed E-state index contributed by atoms with van der Waals surface area (Å²) in [6.45, 7) is 8.86. The van der Waals surface area contributed by atoms with Crippen molar-refractivity contribution in [1.82, 2.24) is 0 Å². The third-order valence-corrected chi connectivity index (χ3v) is 3.75. The number of aryl methyl sites for hydroxylation is 3. The van der Waals surface area contributed by atoms with E-state index in [4.69, 9.17) is 5.73 Å². The Hall–Kier alpha value is -1.80. The fourth-order valence-corrected chi connectivity index (χ4v) is 2.29. The molecular weight excluding hydrogens is 244 g/mol. The molecule has 106 valence electrons. The molecule has 0 aliphatic rings. The van der Waals surface area contributed by atoms with Crippen molar-refractivity contribution < 1.29 is 0 Å². The predicted octanol–water partition coefficient (Wildman–Crippen LogP) is 3.58. The van der Waals surface area contributed by atoms with E-state index in [1.165, 1.54) is 27.9 Å². The standard InChI is InChI=1S/C18H24N2/c1-14-4-7-17(8-5-14)13-20(11-10-19)18-9-6-15(2)16(3)12-18/h4-9,12H,10-11,13,19H2,1-3H3. The second-order valence-electron chi connectivity index (χ2n) is 5.46. The fraction of sp³-hybridized carbons (Fsp3) is 0.333. The molecule has 0 aliphatic heterocycles. The lowest BCUT2D eigenvalue weighted by Crippen LogP contribution is -2.29. The van der Waals surface area contributed by atoms with Crippen molar-refractivity contribution >= 4 is 5.69 Å². The minimum absolute atomic E-state index is 0.665. The van der Waals surface area contributed by atoms with E-state index in [-0.39, 0.29) is 0 Å². The molecule has 0 radical (unpaired) electrons. The fourth-order valence-electron chi connectivity index (χ4n) is 2.29. The summed E-state index contributed by atoms with van der Waals surface area (Å²) in [5, 5.41) is 0. The molecule has 2 aromatic rings. The van der Waals surface area contributed by atoms with Gasteiger partial charge in [0, 0.05) is 25.3 Å². The first-order chi connectivity index (χ1) is 9.60. The minimum atomic E-state index is 0.665. The number of nitrogens with two attached hydrogens (primary N) is 1. The number of hydrogen-bond donors (Lipinski definition) is 1. The normalized spacial score (nSPS) is 10.6. The molecule has 0 amide bonds. The SMILES string of the molecule is Cc1ccc(CN(CCN)c2ccc(C)c(C)c2)cc1. The van der Waals surface area contributed by atoms with Gasteiger partial charge in [0.05, 0.1) is 0 Å². The Morgan fingerprint density at radius 3 is 2.20 bits per heavy atom. The van der Waals surface area contributed by atoms with Gasteiger partial charge >= 0.3 is 0 Å². The lowest BCUT2D eigenvalue weighted by Gasteiger charge is -2.25. The summed E-state index contributed by atoms with van der Waals surface area (Å²) in [6, 6.07) is 15.3. The quantitative estimate of drug-likeness (QED) is 0.898. The van der Waals surface area contributed by atoms with Crippen LogP contribution < -0.4 is 10.6 Å². The summed E-state index contributed by atoms with van der Waals surface area (Å²) in [5.74, 6) is 0. The third kappa shape index (κ3) is 3.61. The van der Waals surface area contributed by atoms with Crippen LogP contribution in [0.1, 0.15) is 22.3 Å². The lowest BCUT2D eigenvalue weighted by atomic mass is 10.1. The lowest BCUT2D eigenvalue weighted by molar-refractivity contribution is 0.789. The largest absolute Gasteiger partial charge is 0.366 e. The molecule has 2 rings (SSSR count). The maximum Gasteiger partial charge on any atom is 0.0430 e. The average molecular weight is 268 g/mol. The zero-order chi connectivity index (χ0) is 14.5. The Bertz CT molecular complexity index is 558. The smallest absolute Gasteiger partial charge is 0.0430 e. The second kappa shape index (κ2) is 6.58. The first-order valence-corrected chi connectivity index (χ1v) is 7.18. The van der Waals surface area contributed by atoms with E-state index in [0.717, 1.165) is 13.1 Å². The number of nitrogens with zero attached hydrogens (tertiary/aromatic N) is 1. The van der Waals surface area contributed by atoms with Crippen LogP contribution in [0.5, 0.6) is 0 Å². The van der Waals surface area contributed by atoms with Gasteiger partial charge in [-0.15, -0.1) is 0 Å². The minimum Gasteiger partial charge on any atom is -0.366 e. The molecule has 0 fully saturated rings. The van der Waals surface area contributed by atoms with Crippen molar-refractivity contribution in [3.63, 3.8) is 0 Å². The van der Waals surface area contributed by atoms with Gasteiger partial charge in [0.25, 0.3) is 0 Å². The van der Waals surface area contributed by atoms with Gasteiger partial charge in [-0.1, -0.05) is 35.9 Å². The van der Waals surface area contributed by atoms with E-state index in [1.807, 2.05) is 0 Å². The van der Waals surface area contributed by atoms with Crippen molar-refractivity contribution in [2.45, 2.75) is 27.3 Å². The van der Waals surface area contributed by atoms with Crippen LogP contribution in [0.25, 0.3) is 0 Å². The number of anilines is 1. The number of rotatable bonds is 5. The molecule has 0 aliphatic carbocycles. The highest BCUT2D eigenvalue weighted by Gasteiger charge is 2.07. The molecule has 2 heteroatoms. The molecule has 0 bridgehead atoms. The van der Waals surface area contributed by atoms with E-state index in [0.29, 0.717) is 6.54 Å². The molecule has 0 saturated carbocycles. The Kier molecular flexibility index (Phi) is 4.80. The van der Waals surface area contributed by atoms with Gasteiger partial charge < -0.3 is 10.6 Å². The maximum absolute atomic E-state index is 5.77. The van der Waals surface area contributed by atoms with Crippen LogP contribution in [0.3, 0.4) is 0 Å². The highest BCUT2D eigenvalue weighted by atomic mass is 15.1. The van der Waals surface area contributed by atoms with Crippen LogP contribution in [-0.4, -0.2) is 13.1 Å². The highest BCUT2D eigenvalue weighted by molar-refractivity contribution is 5.51. The van der Waals surface area contributed by atoms with Crippen LogP contribution in [0, 0.1) is 20.8 Å². The molecule has 0 unspecified atom stereocenters. The Balaban J connectivity index is 2.21. The Labute approximate surface area is 122 Å². The van der Waals surface area contributed by atoms with E-state index < -0.39 is 0 Å². The van der Waals surface area contributed by atoms with Crippen LogP contribution in [0.15, 0.2) is 42.5 Å². The van der Waals surface area contributed by atoms with Crippen molar-refractivity contribution in [1.29, 1.82) is 0 Å². The average Bonchev–Trinajstić information content (AvgIpc) is 2.44. The molecule has 0 spiro atoms. The summed E-state index contributed by atoms with van der Waals surface area (Å²) in [4.78, 5) is 2.34. The monoisotopic (exact) mass is 268 g/mol. The predicted molar refractivity (Wildman–Crippen MR) is 87.2 cm³/mol. The van der Waals surface area contributed by atoms with Gasteiger partial charge in [0.1, 0.15) is 0 Å². The Morgan fingerprint density at radius 1 is 0.900 bits per heavy atom. The summed E-state index contributed by atoms with van der Waals surface area (Å²) in [5.41, 5.74) is 12.3. The molecule has 2 nitrogen and oxygen atoms in total. The topological polar surface area (TPSA) is 29.3 Å². The van der Waals surface area contributed by atoms with Crippen LogP contribution in [0.2, 0.25) is 0 Å². The highest BCUT2D eigenvalue weighted by Crippen LogP contribution is 2.20. The van der Waals surface area contributed by atoms with Crippen LogP contribution >= 0.6 is 0 Å². The third-order valence-electron chi connectivity index (χ3n) is 3.75. The van der Waals surface area contributed by atoms with Crippen molar-refractivity contribution in [2.75, 3.05) is 18.0 Å². The van der Waals surface area contributed by atoms with Gasteiger partial charge in [0.2, 0.25) is 0 Å². The molecule has 0 saturated heterocycles. The molecule has 0 heterocycles. The second-order valence-corrected chi connectivity index (χ2v) is 5.46. The summed E-state index contributed by atoms with van der Waals surface area (Å²) in [6.07, 6.45) is 0. The van der Waals surface area contributed by atoms with Gasteiger partial charge in [0.15, 0.2) is 0 Å². The van der Waals surface area contributed by atoms with Crippen molar-refractivity contribution in [2.24, 2.45) is 5.73 Å². The van der Waals surface area contributed by atoms with Gasteiger partial charge in [-0.25, -0.2) is 0 Å². The van der Waals surface area contributed by atoms with Crippen LogP contribution in [0.4, 0.5) is 5.69 Å². The van der Waals surface area contributed by atoms with Crippen LogP contribution in [-0.2, 0) is 6.54 Å². The van der Waals surface area contributed by atoms with Gasteiger partial charge in [-0.2, -0.15) is 0 Å². The van der Waals surface area contributed by atoms with Crippen molar-refractivity contribution in [3.05, 3.63) is 64.7 Å².